The van der Waals surface area contributed by atoms with Gasteiger partial charge in [-0.05, 0) is 45.2 Å². The molecule has 1 aromatic heterocycles. The van der Waals surface area contributed by atoms with Crippen LogP contribution in [0.1, 0.15) is 42.0 Å². The molecule has 0 amide bonds. The molecule has 114 valence electrons. The van der Waals surface area contributed by atoms with Crippen LogP contribution >= 0.6 is 11.3 Å². The minimum atomic E-state index is 0.553. The highest BCUT2D eigenvalue weighted by molar-refractivity contribution is 7.12. The molecule has 0 aliphatic heterocycles. The lowest BCUT2D eigenvalue weighted by Gasteiger charge is -2.26. The SMILES string of the molecule is COCCN(Cc1cc(CNC2CC2)sc1C)C(C)C. The van der Waals surface area contributed by atoms with Crippen LogP contribution in [0.15, 0.2) is 6.07 Å². The van der Waals surface area contributed by atoms with Gasteiger partial charge in [-0.25, -0.2) is 0 Å². The maximum Gasteiger partial charge on any atom is 0.0589 e. The van der Waals surface area contributed by atoms with E-state index < -0.39 is 0 Å². The molecular formula is C16H28N2OS. The normalized spacial score (nSPS) is 15.5. The number of methoxy groups -OCH3 is 1. The van der Waals surface area contributed by atoms with Crippen molar-refractivity contribution in [3.05, 3.63) is 21.4 Å². The monoisotopic (exact) mass is 296 g/mol. The second kappa shape index (κ2) is 7.55. The summed E-state index contributed by atoms with van der Waals surface area (Å²) in [5.41, 5.74) is 1.48. The second-order valence-corrected chi connectivity index (χ2v) is 7.35. The topological polar surface area (TPSA) is 24.5 Å². The van der Waals surface area contributed by atoms with Crippen molar-refractivity contribution >= 4 is 11.3 Å². The van der Waals surface area contributed by atoms with Crippen LogP contribution in [0.3, 0.4) is 0 Å². The second-order valence-electron chi connectivity index (χ2n) is 6.01. The Labute approximate surface area is 127 Å². The quantitative estimate of drug-likeness (QED) is 0.757. The van der Waals surface area contributed by atoms with Gasteiger partial charge in [0, 0.05) is 48.6 Å². The van der Waals surface area contributed by atoms with Crippen LogP contribution < -0.4 is 5.32 Å². The number of aryl methyl sites for hydroxylation is 1. The number of ether oxygens (including phenoxy) is 1. The maximum absolute atomic E-state index is 5.22. The molecule has 3 nitrogen and oxygen atoms in total. The van der Waals surface area contributed by atoms with E-state index in [0.717, 1.165) is 32.3 Å². The molecular weight excluding hydrogens is 268 g/mol. The molecule has 0 aromatic carbocycles. The molecule has 1 N–H and O–H groups in total. The number of hydrogen-bond acceptors (Lipinski definition) is 4. The Morgan fingerprint density at radius 2 is 2.20 bits per heavy atom. The zero-order chi connectivity index (χ0) is 14.5. The highest BCUT2D eigenvalue weighted by Crippen LogP contribution is 2.25. The number of hydrogen-bond donors (Lipinski definition) is 1. The predicted octanol–water partition coefficient (Wildman–Crippen LogP) is 3.17. The third-order valence-electron chi connectivity index (χ3n) is 3.90. The Morgan fingerprint density at radius 1 is 1.45 bits per heavy atom. The van der Waals surface area contributed by atoms with Crippen molar-refractivity contribution in [1.29, 1.82) is 0 Å². The van der Waals surface area contributed by atoms with Crippen LogP contribution in [0.4, 0.5) is 0 Å². The highest BCUT2D eigenvalue weighted by atomic mass is 32.1. The van der Waals surface area contributed by atoms with E-state index in [2.05, 4.69) is 37.1 Å². The molecule has 4 heteroatoms. The Morgan fingerprint density at radius 3 is 2.80 bits per heavy atom. The summed E-state index contributed by atoms with van der Waals surface area (Å²) in [7, 11) is 1.77. The van der Waals surface area contributed by atoms with Crippen molar-refractivity contribution in [2.24, 2.45) is 0 Å². The summed E-state index contributed by atoms with van der Waals surface area (Å²) in [5.74, 6) is 0. The van der Waals surface area contributed by atoms with Gasteiger partial charge in [0.1, 0.15) is 0 Å². The summed E-state index contributed by atoms with van der Waals surface area (Å²) in [5, 5.41) is 3.60. The average Bonchev–Trinajstić information content (AvgIpc) is 3.17. The van der Waals surface area contributed by atoms with E-state index in [4.69, 9.17) is 4.74 Å². The van der Waals surface area contributed by atoms with Crippen molar-refractivity contribution in [2.75, 3.05) is 20.3 Å². The van der Waals surface area contributed by atoms with Crippen molar-refractivity contribution in [3.63, 3.8) is 0 Å². The molecule has 0 unspecified atom stereocenters. The van der Waals surface area contributed by atoms with Gasteiger partial charge in [0.15, 0.2) is 0 Å². The maximum atomic E-state index is 5.22. The predicted molar refractivity (Wildman–Crippen MR) is 86.3 cm³/mol. The summed E-state index contributed by atoms with van der Waals surface area (Å²) in [6.45, 7) is 10.6. The van der Waals surface area contributed by atoms with Gasteiger partial charge in [-0.3, -0.25) is 4.90 Å². The fraction of sp³-hybridized carbons (Fsp3) is 0.750. The first-order valence-corrected chi connectivity index (χ1v) is 8.46. The number of rotatable bonds is 9. The molecule has 0 atom stereocenters. The van der Waals surface area contributed by atoms with Crippen molar-refractivity contribution < 1.29 is 4.74 Å². The molecule has 1 aliphatic carbocycles. The summed E-state index contributed by atoms with van der Waals surface area (Å²) in [4.78, 5) is 5.41. The van der Waals surface area contributed by atoms with Crippen LogP contribution in [0.25, 0.3) is 0 Å². The number of nitrogens with zero attached hydrogens (tertiary/aromatic N) is 1. The molecule has 1 aliphatic rings. The van der Waals surface area contributed by atoms with E-state index in [1.54, 1.807) is 7.11 Å². The summed E-state index contributed by atoms with van der Waals surface area (Å²) in [6.07, 6.45) is 2.71. The molecule has 0 radical (unpaired) electrons. The first-order valence-electron chi connectivity index (χ1n) is 7.64. The molecule has 20 heavy (non-hydrogen) atoms. The lowest BCUT2D eigenvalue weighted by Crippen LogP contribution is -2.33. The average molecular weight is 296 g/mol. The minimum Gasteiger partial charge on any atom is -0.383 e. The first kappa shape index (κ1) is 16.0. The van der Waals surface area contributed by atoms with Crippen molar-refractivity contribution in [1.82, 2.24) is 10.2 Å². The lowest BCUT2D eigenvalue weighted by atomic mass is 10.2. The van der Waals surface area contributed by atoms with Gasteiger partial charge in [0.05, 0.1) is 6.61 Å². The Balaban J connectivity index is 1.91. The van der Waals surface area contributed by atoms with Gasteiger partial charge in [-0.1, -0.05) is 0 Å². The molecule has 1 heterocycles. The molecule has 1 saturated carbocycles. The Bertz CT molecular complexity index is 413. The smallest absolute Gasteiger partial charge is 0.0589 e. The van der Waals surface area contributed by atoms with E-state index >= 15 is 0 Å². The molecule has 2 rings (SSSR count). The Kier molecular flexibility index (Phi) is 6.02. The van der Waals surface area contributed by atoms with Crippen LogP contribution in [-0.2, 0) is 17.8 Å². The van der Waals surface area contributed by atoms with Gasteiger partial charge < -0.3 is 10.1 Å². The molecule has 0 spiro atoms. The van der Waals surface area contributed by atoms with Crippen LogP contribution in [0.2, 0.25) is 0 Å². The molecule has 0 bridgehead atoms. The summed E-state index contributed by atoms with van der Waals surface area (Å²) >= 11 is 1.94. The third-order valence-corrected chi connectivity index (χ3v) is 4.99. The summed E-state index contributed by atoms with van der Waals surface area (Å²) < 4.78 is 5.22. The zero-order valence-corrected chi connectivity index (χ0v) is 14.1. The van der Waals surface area contributed by atoms with Crippen molar-refractivity contribution in [2.45, 2.75) is 58.8 Å². The summed E-state index contributed by atoms with van der Waals surface area (Å²) in [6, 6.07) is 3.73. The van der Waals surface area contributed by atoms with Crippen LogP contribution in [0, 0.1) is 6.92 Å². The van der Waals surface area contributed by atoms with Crippen LogP contribution in [-0.4, -0.2) is 37.2 Å². The van der Waals surface area contributed by atoms with E-state index in [0.29, 0.717) is 6.04 Å². The molecule has 1 fully saturated rings. The van der Waals surface area contributed by atoms with Crippen molar-refractivity contribution in [3.8, 4) is 0 Å². The van der Waals surface area contributed by atoms with E-state index in [-0.39, 0.29) is 0 Å². The van der Waals surface area contributed by atoms with Gasteiger partial charge in [0.25, 0.3) is 0 Å². The lowest BCUT2D eigenvalue weighted by molar-refractivity contribution is 0.125. The van der Waals surface area contributed by atoms with Gasteiger partial charge in [-0.2, -0.15) is 0 Å². The molecule has 0 saturated heterocycles. The standard InChI is InChI=1S/C16H28N2OS/c1-12(2)18(7-8-19-4)11-14-9-16(20-13(14)3)10-17-15-5-6-15/h9,12,15,17H,5-8,10-11H2,1-4H3. The third kappa shape index (κ3) is 4.85. The molecule has 1 aromatic rings. The van der Waals surface area contributed by atoms with Gasteiger partial charge >= 0.3 is 0 Å². The zero-order valence-electron chi connectivity index (χ0n) is 13.2. The number of nitrogens with one attached hydrogen (secondary N) is 1. The first-order chi connectivity index (χ1) is 9.60. The van der Waals surface area contributed by atoms with E-state index in [1.807, 2.05) is 11.3 Å². The Hall–Kier alpha value is -0.420. The van der Waals surface area contributed by atoms with E-state index in [1.165, 1.54) is 28.2 Å². The fourth-order valence-electron chi connectivity index (χ4n) is 2.31. The van der Waals surface area contributed by atoms with Gasteiger partial charge in [-0.15, -0.1) is 11.3 Å². The van der Waals surface area contributed by atoms with Gasteiger partial charge in [0.2, 0.25) is 0 Å². The minimum absolute atomic E-state index is 0.553. The number of thiophene rings is 1. The van der Waals surface area contributed by atoms with E-state index in [9.17, 15) is 0 Å². The highest BCUT2D eigenvalue weighted by Gasteiger charge is 2.20. The largest absolute Gasteiger partial charge is 0.383 e. The fourth-order valence-corrected chi connectivity index (χ4v) is 3.32. The van der Waals surface area contributed by atoms with Crippen LogP contribution in [0.5, 0.6) is 0 Å².